The molecule has 0 fully saturated rings. The molecule has 0 spiro atoms. The first kappa shape index (κ1) is 26.2. The lowest BCUT2D eigenvalue weighted by atomic mass is 10.0. The van der Waals surface area contributed by atoms with Crippen molar-refractivity contribution in [3.05, 3.63) is 70.5 Å². The highest BCUT2D eigenvalue weighted by Crippen LogP contribution is 2.30. The van der Waals surface area contributed by atoms with Crippen LogP contribution in [0, 0.1) is 5.92 Å². The number of nitrogens with zero attached hydrogens (tertiary/aromatic N) is 2. The maximum Gasteiger partial charge on any atom is 0.725 e. The number of hydrogen-bond donors (Lipinski definition) is 2. The lowest BCUT2D eigenvalue weighted by molar-refractivity contribution is -0.212. The zero-order chi connectivity index (χ0) is 24.7. The van der Waals surface area contributed by atoms with E-state index in [1.54, 1.807) is 36.4 Å². The summed E-state index contributed by atoms with van der Waals surface area (Å²) in [4.78, 5) is 35.7. The van der Waals surface area contributed by atoms with E-state index in [2.05, 4.69) is 20.0 Å². The smallest absolute Gasteiger partial charge is 0.345 e. The summed E-state index contributed by atoms with van der Waals surface area (Å²) in [6.45, 7) is 3.85. The summed E-state index contributed by atoms with van der Waals surface area (Å²) in [6, 6.07) is 13.8. The molecule has 0 saturated carbocycles. The minimum Gasteiger partial charge on any atom is -0.345 e. The van der Waals surface area contributed by atoms with Gasteiger partial charge in [0.05, 0.1) is 28.3 Å². The fourth-order valence-corrected chi connectivity index (χ4v) is 3.68. The quantitative estimate of drug-likeness (QED) is 0.195. The molecule has 8 nitrogen and oxygen atoms in total. The van der Waals surface area contributed by atoms with Gasteiger partial charge in [0, 0.05) is 25.7 Å². The third-order valence-corrected chi connectivity index (χ3v) is 5.45. The molecule has 2 N–H and O–H groups in total. The van der Waals surface area contributed by atoms with Gasteiger partial charge in [0.2, 0.25) is 0 Å². The van der Waals surface area contributed by atoms with Crippen molar-refractivity contribution >= 4 is 37.4 Å². The summed E-state index contributed by atoms with van der Waals surface area (Å²) < 4.78 is 15.0. The summed E-state index contributed by atoms with van der Waals surface area (Å²) in [6.07, 6.45) is 1.95. The van der Waals surface area contributed by atoms with Gasteiger partial charge >= 0.3 is 8.25 Å². The molecule has 1 amide bonds. The van der Waals surface area contributed by atoms with Crippen molar-refractivity contribution in [1.29, 1.82) is 0 Å². The van der Waals surface area contributed by atoms with Crippen LogP contribution in [0.4, 0.5) is 0 Å². The number of halogens is 2. The number of benzene rings is 2. The van der Waals surface area contributed by atoms with E-state index in [9.17, 15) is 9.36 Å². The zero-order valence-electron chi connectivity index (χ0n) is 18.4. The number of carbonyl (C=O) groups excluding carboxylic acids is 1. The van der Waals surface area contributed by atoms with Gasteiger partial charge in [-0.05, 0) is 36.6 Å². The summed E-state index contributed by atoms with van der Waals surface area (Å²) in [5.41, 5.74) is 2.71. The lowest BCUT2D eigenvalue weighted by Crippen LogP contribution is -2.39. The van der Waals surface area contributed by atoms with Gasteiger partial charge in [-0.15, -0.1) is 4.89 Å². The Kier molecular flexibility index (Phi) is 9.47. The molecule has 178 valence electrons. The molecule has 1 aromatic heterocycles. The van der Waals surface area contributed by atoms with Crippen molar-refractivity contribution in [2.24, 2.45) is 5.92 Å². The van der Waals surface area contributed by atoms with Crippen LogP contribution in [0.25, 0.3) is 22.5 Å². The van der Waals surface area contributed by atoms with E-state index in [0.717, 1.165) is 11.1 Å². The lowest BCUT2D eigenvalue weighted by Gasteiger charge is -2.19. The predicted molar refractivity (Wildman–Crippen MR) is 130 cm³/mol. The van der Waals surface area contributed by atoms with E-state index in [1.807, 2.05) is 26.0 Å². The third-order valence-electron chi connectivity index (χ3n) is 4.72. The standard InChI is InChI=1S/C23H22Cl2N3O5P/c1-14(2)11-19(13-32-33-34(30)31)27-23(29)20-12-26-21(15-3-7-17(24)8-4-15)22(28-20)16-5-9-18(25)10-6-16/h3-10,12,14,19H,11,13H2,1-2H3,(H-,27,29,30,31)/p+1/t19-/m1/s1. The van der Waals surface area contributed by atoms with Gasteiger partial charge in [0.15, 0.2) is 0 Å². The van der Waals surface area contributed by atoms with E-state index in [-0.39, 0.29) is 18.2 Å². The molecule has 0 aliphatic carbocycles. The summed E-state index contributed by atoms with van der Waals surface area (Å²) >= 11 is 12.1. The molecule has 3 aromatic rings. The monoisotopic (exact) mass is 522 g/mol. The number of carbonyl (C=O) groups is 1. The van der Waals surface area contributed by atoms with Gasteiger partial charge in [0.1, 0.15) is 12.3 Å². The molecule has 0 aliphatic rings. The number of amides is 1. The van der Waals surface area contributed by atoms with Crippen molar-refractivity contribution in [2.45, 2.75) is 26.3 Å². The highest BCUT2D eigenvalue weighted by atomic mass is 35.5. The van der Waals surface area contributed by atoms with Crippen LogP contribution in [-0.2, 0) is 14.1 Å². The Labute approximate surface area is 208 Å². The maximum absolute atomic E-state index is 13.0. The minimum atomic E-state index is -2.90. The summed E-state index contributed by atoms with van der Waals surface area (Å²) in [5.74, 6) is -0.243. The highest BCUT2D eigenvalue weighted by molar-refractivity contribution is 7.31. The van der Waals surface area contributed by atoms with Crippen LogP contribution in [-0.4, -0.2) is 33.4 Å². The fraction of sp³-hybridized carbons (Fsp3) is 0.261. The molecule has 3 rings (SSSR count). The molecular weight excluding hydrogens is 500 g/mol. The summed E-state index contributed by atoms with van der Waals surface area (Å²) in [5, 5.41) is 3.99. The Morgan fingerprint density at radius 3 is 2.12 bits per heavy atom. The second-order valence-corrected chi connectivity index (χ2v) is 9.36. The van der Waals surface area contributed by atoms with Gasteiger partial charge < -0.3 is 5.32 Å². The van der Waals surface area contributed by atoms with Crippen LogP contribution in [0.15, 0.2) is 54.7 Å². The molecule has 0 aliphatic heterocycles. The van der Waals surface area contributed by atoms with Crippen LogP contribution in [0.3, 0.4) is 0 Å². The van der Waals surface area contributed by atoms with Crippen molar-refractivity contribution in [3.63, 3.8) is 0 Å². The average molecular weight is 523 g/mol. The summed E-state index contributed by atoms with van der Waals surface area (Å²) in [7, 11) is -2.90. The van der Waals surface area contributed by atoms with Crippen molar-refractivity contribution in [2.75, 3.05) is 6.61 Å². The first-order valence-electron chi connectivity index (χ1n) is 10.4. The van der Waals surface area contributed by atoms with Crippen molar-refractivity contribution in [1.82, 2.24) is 15.3 Å². The molecule has 0 bridgehead atoms. The average Bonchev–Trinajstić information content (AvgIpc) is 2.79. The molecule has 1 unspecified atom stereocenters. The Morgan fingerprint density at radius 2 is 1.59 bits per heavy atom. The molecule has 2 aromatic carbocycles. The highest BCUT2D eigenvalue weighted by Gasteiger charge is 2.22. The van der Waals surface area contributed by atoms with Crippen LogP contribution in [0.1, 0.15) is 30.8 Å². The Morgan fingerprint density at radius 1 is 1.03 bits per heavy atom. The largest absolute Gasteiger partial charge is 0.725 e. The Balaban J connectivity index is 1.92. The van der Waals surface area contributed by atoms with Gasteiger partial charge in [-0.1, -0.05) is 61.3 Å². The van der Waals surface area contributed by atoms with Crippen LogP contribution in [0.2, 0.25) is 10.0 Å². The van der Waals surface area contributed by atoms with Crippen LogP contribution in [0.5, 0.6) is 0 Å². The maximum atomic E-state index is 13.0. The molecular formula is C23H23Cl2N3O5P+. The van der Waals surface area contributed by atoms with Gasteiger partial charge in [-0.25, -0.2) is 4.98 Å². The molecule has 0 radical (unpaired) electrons. The second-order valence-electron chi connectivity index (χ2n) is 7.86. The normalized spacial score (nSPS) is 12.5. The second kappa shape index (κ2) is 12.3. The van der Waals surface area contributed by atoms with Gasteiger partial charge in [0.25, 0.3) is 5.91 Å². The van der Waals surface area contributed by atoms with Crippen LogP contribution >= 0.6 is 31.5 Å². The van der Waals surface area contributed by atoms with Gasteiger partial charge in [-0.3, -0.25) is 9.78 Å². The minimum absolute atomic E-state index is 0.102. The predicted octanol–water partition coefficient (Wildman–Crippen LogP) is 5.86. The molecule has 11 heteroatoms. The molecule has 34 heavy (non-hydrogen) atoms. The van der Waals surface area contributed by atoms with Crippen molar-refractivity contribution < 1.29 is 23.8 Å². The third kappa shape index (κ3) is 7.53. The molecule has 0 saturated heterocycles. The van der Waals surface area contributed by atoms with E-state index in [4.69, 9.17) is 33.0 Å². The SMILES string of the molecule is CC(C)C[C@H](COO[P+](=O)O)NC(=O)c1cnc(-c2ccc(Cl)cc2)c(-c2ccc(Cl)cc2)n1. The van der Waals surface area contributed by atoms with Crippen LogP contribution < -0.4 is 5.32 Å². The number of nitrogens with one attached hydrogen (secondary N) is 1. The fourth-order valence-electron chi connectivity index (χ4n) is 3.28. The van der Waals surface area contributed by atoms with Crippen molar-refractivity contribution in [3.8, 4) is 22.5 Å². The topological polar surface area (TPSA) is 111 Å². The first-order chi connectivity index (χ1) is 16.2. The zero-order valence-corrected chi connectivity index (χ0v) is 20.8. The van der Waals surface area contributed by atoms with E-state index in [0.29, 0.717) is 27.9 Å². The number of rotatable bonds is 10. The number of hydrogen-bond acceptors (Lipinski definition) is 6. The van der Waals surface area contributed by atoms with E-state index >= 15 is 0 Å². The number of aromatic nitrogens is 2. The Bertz CT molecular complexity index is 1140. The molecule has 2 atom stereocenters. The first-order valence-corrected chi connectivity index (χ1v) is 12.3. The van der Waals surface area contributed by atoms with E-state index in [1.165, 1.54) is 6.20 Å². The van der Waals surface area contributed by atoms with Gasteiger partial charge in [-0.2, -0.15) is 4.89 Å². The Hall–Kier alpha value is -2.45. The molecule has 1 heterocycles. The van der Waals surface area contributed by atoms with E-state index < -0.39 is 20.2 Å².